The van der Waals surface area contributed by atoms with Crippen molar-refractivity contribution < 1.29 is 18.4 Å². The first-order valence-corrected chi connectivity index (χ1v) is 11.1. The van der Waals surface area contributed by atoms with Crippen molar-refractivity contribution in [2.75, 3.05) is 12.8 Å². The van der Waals surface area contributed by atoms with Gasteiger partial charge in [0.2, 0.25) is 0 Å². The van der Waals surface area contributed by atoms with E-state index >= 15 is 0 Å². The van der Waals surface area contributed by atoms with Crippen LogP contribution in [-0.2, 0) is 0 Å². The Kier molecular flexibility index (Phi) is 3.82. The Labute approximate surface area is 130 Å². The molecule has 0 aliphatic carbocycles. The van der Waals surface area contributed by atoms with E-state index in [0.29, 0.717) is 12.6 Å². The second kappa shape index (κ2) is 5.48. The molecule has 0 atom stereocenters. The van der Waals surface area contributed by atoms with E-state index in [9.17, 15) is 5.11 Å². The summed E-state index contributed by atoms with van der Waals surface area (Å²) in [5.41, 5.74) is 2.33. The summed E-state index contributed by atoms with van der Waals surface area (Å²) in [5, 5.41) is 6.21. The van der Waals surface area contributed by atoms with E-state index in [0.717, 1.165) is 16.5 Å². The molecule has 3 heterocycles. The number of aliphatic hydroxyl groups excluding tert-OH is 1. The minimum atomic E-state index is -3.14. The quantitative estimate of drug-likeness (QED) is 0.677. The SMILES string of the molecule is OCCCP(Br)(c1ccco1)(c1ccco1)c1ccco1. The molecule has 3 aromatic heterocycles. The van der Waals surface area contributed by atoms with Crippen LogP contribution in [0.5, 0.6) is 0 Å². The molecule has 0 fully saturated rings. The Bertz CT molecular complexity index is 586. The second-order valence-corrected chi connectivity index (χ2v) is 13.7. The van der Waals surface area contributed by atoms with Crippen LogP contribution in [0, 0.1) is 0 Å². The molecule has 0 saturated carbocycles. The summed E-state index contributed by atoms with van der Waals surface area (Å²) in [4.78, 5) is 0. The fourth-order valence-corrected chi connectivity index (χ4v) is 9.28. The van der Waals surface area contributed by atoms with Crippen LogP contribution in [0.3, 0.4) is 0 Å². The molecule has 0 amide bonds. The van der Waals surface area contributed by atoms with Crippen molar-refractivity contribution in [1.29, 1.82) is 0 Å². The molecule has 21 heavy (non-hydrogen) atoms. The fourth-order valence-electron chi connectivity index (χ4n) is 2.63. The van der Waals surface area contributed by atoms with E-state index in [2.05, 4.69) is 15.5 Å². The van der Waals surface area contributed by atoms with Gasteiger partial charge in [0.1, 0.15) is 0 Å². The van der Waals surface area contributed by atoms with Crippen LogP contribution in [0.1, 0.15) is 6.42 Å². The molecule has 0 bridgehead atoms. The third kappa shape index (κ3) is 2.11. The van der Waals surface area contributed by atoms with Crippen molar-refractivity contribution in [1.82, 2.24) is 0 Å². The average Bonchev–Trinajstić information content (AvgIpc) is 3.28. The monoisotopic (exact) mass is 370 g/mol. The zero-order valence-corrected chi connectivity index (χ0v) is 13.8. The molecule has 3 aromatic rings. The Hall–Kier alpha value is -1.29. The third-order valence-electron chi connectivity index (χ3n) is 3.63. The standard InChI is InChI=1S/C15H16BrO4P/c16-21(12-4-8-17,13-5-1-9-18-13,14-6-2-10-19-14)15-7-3-11-20-15/h1-3,5-7,9-11,17H,4,8,12H2. The van der Waals surface area contributed by atoms with Gasteiger partial charge in [-0.2, -0.15) is 0 Å². The van der Waals surface area contributed by atoms with Crippen LogP contribution >= 0.6 is 20.8 Å². The molecule has 0 aliphatic rings. The molecule has 112 valence electrons. The number of hydrogen-bond donors (Lipinski definition) is 1. The summed E-state index contributed by atoms with van der Waals surface area (Å²) in [5.74, 6) is 0. The number of hydrogen-bond acceptors (Lipinski definition) is 4. The maximum absolute atomic E-state index is 9.34. The van der Waals surface area contributed by atoms with Gasteiger partial charge in [0.05, 0.1) is 0 Å². The van der Waals surface area contributed by atoms with Crippen molar-refractivity contribution in [2.24, 2.45) is 0 Å². The molecule has 0 spiro atoms. The van der Waals surface area contributed by atoms with Crippen molar-refractivity contribution in [3.05, 3.63) is 55.2 Å². The number of halogens is 1. The Morgan fingerprint density at radius 2 is 1.29 bits per heavy atom. The predicted molar refractivity (Wildman–Crippen MR) is 87.4 cm³/mol. The van der Waals surface area contributed by atoms with Crippen LogP contribution in [-0.4, -0.2) is 17.9 Å². The van der Waals surface area contributed by atoms with Crippen molar-refractivity contribution in [3.63, 3.8) is 0 Å². The van der Waals surface area contributed by atoms with Gasteiger partial charge >= 0.3 is 130 Å². The maximum atomic E-state index is 9.34. The molecular formula is C15H16BrO4P. The Morgan fingerprint density at radius 3 is 1.57 bits per heavy atom. The number of furan rings is 3. The molecule has 0 unspecified atom stereocenters. The normalized spacial score (nSPS) is 13.9. The minimum absolute atomic E-state index is 0.0889. The zero-order chi connectivity index (χ0) is 14.8. The third-order valence-corrected chi connectivity index (χ3v) is 12.5. The van der Waals surface area contributed by atoms with Gasteiger partial charge in [-0.15, -0.1) is 0 Å². The van der Waals surface area contributed by atoms with Gasteiger partial charge in [-0.3, -0.25) is 0 Å². The zero-order valence-electron chi connectivity index (χ0n) is 11.3. The van der Waals surface area contributed by atoms with Crippen LogP contribution < -0.4 is 16.5 Å². The van der Waals surface area contributed by atoms with Gasteiger partial charge in [-0.1, -0.05) is 0 Å². The summed E-state index contributed by atoms with van der Waals surface area (Å²) >= 11 is 3.99. The summed E-state index contributed by atoms with van der Waals surface area (Å²) in [6, 6.07) is 11.3. The predicted octanol–water partition coefficient (Wildman–Crippen LogP) is 2.99. The Morgan fingerprint density at radius 1 is 0.857 bits per heavy atom. The first-order chi connectivity index (χ1) is 10.2. The van der Waals surface area contributed by atoms with Crippen LogP contribution in [0.15, 0.2) is 68.4 Å². The van der Waals surface area contributed by atoms with E-state index in [4.69, 9.17) is 13.3 Å². The molecule has 0 aliphatic heterocycles. The molecule has 4 nitrogen and oxygen atoms in total. The first kappa shape index (κ1) is 14.6. The van der Waals surface area contributed by atoms with Gasteiger partial charge in [-0.25, -0.2) is 0 Å². The Balaban J connectivity index is 2.31. The van der Waals surface area contributed by atoms with Crippen LogP contribution in [0.4, 0.5) is 0 Å². The second-order valence-electron chi connectivity index (χ2n) is 4.84. The first-order valence-electron chi connectivity index (χ1n) is 6.66. The molecule has 6 heteroatoms. The van der Waals surface area contributed by atoms with Crippen molar-refractivity contribution in [2.45, 2.75) is 6.42 Å². The van der Waals surface area contributed by atoms with E-state index in [1.807, 2.05) is 36.4 Å². The number of rotatable bonds is 6. The summed E-state index contributed by atoms with van der Waals surface area (Å²) in [7, 11) is 0. The number of aliphatic hydroxyl groups is 1. The van der Waals surface area contributed by atoms with Crippen LogP contribution in [0.2, 0.25) is 0 Å². The van der Waals surface area contributed by atoms with Gasteiger partial charge < -0.3 is 0 Å². The van der Waals surface area contributed by atoms with Crippen molar-refractivity contribution in [3.8, 4) is 0 Å². The fraction of sp³-hybridized carbons (Fsp3) is 0.200. The molecule has 0 aromatic carbocycles. The van der Waals surface area contributed by atoms with E-state index in [1.54, 1.807) is 18.8 Å². The van der Waals surface area contributed by atoms with Gasteiger partial charge in [0.25, 0.3) is 0 Å². The van der Waals surface area contributed by atoms with E-state index < -0.39 is 5.31 Å². The van der Waals surface area contributed by atoms with Crippen LogP contribution in [0.25, 0.3) is 0 Å². The van der Waals surface area contributed by atoms with Gasteiger partial charge in [0, 0.05) is 0 Å². The molecule has 0 saturated heterocycles. The molecule has 0 radical (unpaired) electrons. The summed E-state index contributed by atoms with van der Waals surface area (Å²) < 4.78 is 17.3. The molecular weight excluding hydrogens is 355 g/mol. The topological polar surface area (TPSA) is 59.7 Å². The van der Waals surface area contributed by atoms with Crippen molar-refractivity contribution >= 4 is 37.3 Å². The summed E-state index contributed by atoms with van der Waals surface area (Å²) in [6.07, 6.45) is 6.18. The summed E-state index contributed by atoms with van der Waals surface area (Å²) in [6.45, 7) is 0.0889. The molecule has 1 N–H and O–H groups in total. The van der Waals surface area contributed by atoms with Gasteiger partial charge in [0.15, 0.2) is 0 Å². The van der Waals surface area contributed by atoms with Gasteiger partial charge in [-0.05, 0) is 0 Å². The molecule has 3 rings (SSSR count). The van der Waals surface area contributed by atoms with E-state index in [1.165, 1.54) is 0 Å². The average molecular weight is 371 g/mol. The van der Waals surface area contributed by atoms with E-state index in [-0.39, 0.29) is 6.61 Å².